The van der Waals surface area contributed by atoms with E-state index in [9.17, 15) is 4.79 Å². The maximum atomic E-state index is 11.8. The van der Waals surface area contributed by atoms with E-state index in [1.807, 2.05) is 11.4 Å². The molecule has 1 aliphatic carbocycles. The minimum absolute atomic E-state index is 0.194. The van der Waals surface area contributed by atoms with Crippen LogP contribution in [-0.2, 0) is 19.4 Å². The van der Waals surface area contributed by atoms with Crippen LogP contribution in [0.4, 0.5) is 9.93 Å². The van der Waals surface area contributed by atoms with Crippen LogP contribution in [-0.4, -0.2) is 11.0 Å². The molecule has 7 heteroatoms. The van der Waals surface area contributed by atoms with Crippen molar-refractivity contribution < 1.29 is 4.79 Å². The molecule has 0 saturated heterocycles. The van der Waals surface area contributed by atoms with Crippen LogP contribution in [0.5, 0.6) is 0 Å². The minimum atomic E-state index is -0.194. The number of carbonyl (C=O) groups is 1. The second-order valence-electron chi connectivity index (χ2n) is 4.63. The Bertz CT molecular complexity index is 599. The summed E-state index contributed by atoms with van der Waals surface area (Å²) < 4.78 is 1.05. The number of rotatable bonds is 3. The fourth-order valence-electron chi connectivity index (χ4n) is 2.16. The van der Waals surface area contributed by atoms with E-state index in [0.29, 0.717) is 11.7 Å². The number of carbonyl (C=O) groups excluding carboxylic acids is 1. The number of nitrogens with one attached hydrogen (secondary N) is 2. The van der Waals surface area contributed by atoms with Crippen LogP contribution >= 0.6 is 38.6 Å². The lowest BCUT2D eigenvalue weighted by Gasteiger charge is -2.06. The Kier molecular flexibility index (Phi) is 4.38. The standard InChI is InChI=1S/C13H14BrN3OS2/c14-8-5-9(19-7-8)6-15-12(18)17-13-16-10-3-1-2-4-11(10)20-13/h5,7H,1-4,6H2,(H2,15,16,17,18). The van der Waals surface area contributed by atoms with Gasteiger partial charge in [-0.15, -0.1) is 22.7 Å². The molecule has 0 aromatic carbocycles. The van der Waals surface area contributed by atoms with Crippen molar-refractivity contribution >= 4 is 49.8 Å². The third kappa shape index (κ3) is 3.39. The Morgan fingerprint density at radius 3 is 3.00 bits per heavy atom. The Hall–Kier alpha value is -0.920. The predicted octanol–water partition coefficient (Wildman–Crippen LogP) is 4.17. The number of aryl methyl sites for hydroxylation is 2. The van der Waals surface area contributed by atoms with Crippen LogP contribution in [0.1, 0.15) is 28.3 Å². The van der Waals surface area contributed by atoms with Gasteiger partial charge in [-0.1, -0.05) is 0 Å². The third-order valence-electron chi connectivity index (χ3n) is 3.11. The first-order chi connectivity index (χ1) is 9.70. The second kappa shape index (κ2) is 6.24. The van der Waals surface area contributed by atoms with Gasteiger partial charge in [0.1, 0.15) is 0 Å². The van der Waals surface area contributed by atoms with Crippen molar-refractivity contribution in [2.75, 3.05) is 5.32 Å². The summed E-state index contributed by atoms with van der Waals surface area (Å²) in [6.07, 6.45) is 4.57. The van der Waals surface area contributed by atoms with Gasteiger partial charge in [-0.25, -0.2) is 9.78 Å². The summed E-state index contributed by atoms with van der Waals surface area (Å²) in [5.74, 6) is 0. The first-order valence-electron chi connectivity index (χ1n) is 6.47. The van der Waals surface area contributed by atoms with Crippen molar-refractivity contribution in [1.82, 2.24) is 10.3 Å². The number of fused-ring (bicyclic) bond motifs is 1. The first kappa shape index (κ1) is 14.0. The van der Waals surface area contributed by atoms with Gasteiger partial charge in [0, 0.05) is 19.6 Å². The van der Waals surface area contributed by atoms with Gasteiger partial charge in [-0.2, -0.15) is 0 Å². The van der Waals surface area contributed by atoms with Crippen molar-refractivity contribution in [3.63, 3.8) is 0 Å². The number of thiophene rings is 1. The molecule has 2 N–H and O–H groups in total. The van der Waals surface area contributed by atoms with Crippen LogP contribution in [0, 0.1) is 0 Å². The number of anilines is 1. The van der Waals surface area contributed by atoms with Crippen molar-refractivity contribution in [3.8, 4) is 0 Å². The van der Waals surface area contributed by atoms with E-state index in [4.69, 9.17) is 0 Å². The van der Waals surface area contributed by atoms with E-state index in [-0.39, 0.29) is 6.03 Å². The number of hydrogen-bond donors (Lipinski definition) is 2. The summed E-state index contributed by atoms with van der Waals surface area (Å²) in [6.45, 7) is 0.535. The number of urea groups is 1. The fourth-order valence-corrected chi connectivity index (χ4v) is 4.60. The number of hydrogen-bond acceptors (Lipinski definition) is 4. The summed E-state index contributed by atoms with van der Waals surface area (Å²) in [6, 6.07) is 1.81. The summed E-state index contributed by atoms with van der Waals surface area (Å²) in [4.78, 5) is 18.8. The largest absolute Gasteiger partial charge is 0.333 e. The van der Waals surface area contributed by atoms with E-state index in [0.717, 1.165) is 22.2 Å². The third-order valence-corrected chi connectivity index (χ3v) is 5.88. The molecular formula is C13H14BrN3OS2. The number of thiazole rings is 1. The molecule has 2 aromatic rings. The number of aromatic nitrogens is 1. The average molecular weight is 372 g/mol. The molecule has 0 fully saturated rings. The van der Waals surface area contributed by atoms with Crippen LogP contribution < -0.4 is 10.6 Å². The molecule has 4 nitrogen and oxygen atoms in total. The highest BCUT2D eigenvalue weighted by molar-refractivity contribution is 9.10. The van der Waals surface area contributed by atoms with Gasteiger partial charge in [0.2, 0.25) is 0 Å². The van der Waals surface area contributed by atoms with E-state index in [1.54, 1.807) is 22.7 Å². The summed E-state index contributed by atoms with van der Waals surface area (Å²) in [7, 11) is 0. The van der Waals surface area contributed by atoms with Gasteiger partial charge in [0.25, 0.3) is 0 Å². The van der Waals surface area contributed by atoms with E-state index in [2.05, 4.69) is 31.5 Å². The van der Waals surface area contributed by atoms with Gasteiger partial charge >= 0.3 is 6.03 Å². The molecule has 20 heavy (non-hydrogen) atoms. The quantitative estimate of drug-likeness (QED) is 0.850. The van der Waals surface area contributed by atoms with E-state index < -0.39 is 0 Å². The molecule has 0 radical (unpaired) electrons. The topological polar surface area (TPSA) is 54.0 Å². The number of halogens is 1. The molecule has 2 heterocycles. The van der Waals surface area contributed by atoms with Gasteiger partial charge in [-0.05, 0) is 47.7 Å². The molecule has 2 amide bonds. The molecule has 2 aromatic heterocycles. The maximum Gasteiger partial charge on any atom is 0.321 e. The van der Waals surface area contributed by atoms with Gasteiger partial charge in [0.15, 0.2) is 5.13 Å². The predicted molar refractivity (Wildman–Crippen MR) is 86.6 cm³/mol. The van der Waals surface area contributed by atoms with Crippen LogP contribution in [0.25, 0.3) is 0 Å². The molecule has 1 aliphatic rings. The zero-order valence-corrected chi connectivity index (χ0v) is 14.0. The van der Waals surface area contributed by atoms with Crippen molar-refractivity contribution in [2.45, 2.75) is 32.2 Å². The van der Waals surface area contributed by atoms with Crippen molar-refractivity contribution in [1.29, 1.82) is 0 Å². The average Bonchev–Trinajstić information content (AvgIpc) is 3.01. The van der Waals surface area contributed by atoms with Gasteiger partial charge in [-0.3, -0.25) is 5.32 Å². The van der Waals surface area contributed by atoms with Crippen LogP contribution in [0.15, 0.2) is 15.9 Å². The smallest absolute Gasteiger partial charge is 0.321 e. The zero-order chi connectivity index (χ0) is 13.9. The second-order valence-corrected chi connectivity index (χ2v) is 7.63. The fraction of sp³-hybridized carbons (Fsp3) is 0.385. The lowest BCUT2D eigenvalue weighted by atomic mass is 10.0. The molecule has 0 bridgehead atoms. The Labute approximate surface area is 133 Å². The van der Waals surface area contributed by atoms with Crippen molar-refractivity contribution in [3.05, 3.63) is 31.4 Å². The highest BCUT2D eigenvalue weighted by atomic mass is 79.9. The molecule has 0 saturated carbocycles. The molecule has 3 rings (SSSR count). The zero-order valence-electron chi connectivity index (χ0n) is 10.7. The monoisotopic (exact) mass is 371 g/mol. The lowest BCUT2D eigenvalue weighted by Crippen LogP contribution is -2.27. The summed E-state index contributed by atoms with van der Waals surface area (Å²) >= 11 is 6.62. The van der Waals surface area contributed by atoms with Crippen LogP contribution in [0.3, 0.4) is 0 Å². The molecule has 0 unspecified atom stereocenters. The summed E-state index contributed by atoms with van der Waals surface area (Å²) in [5, 5.41) is 8.39. The Balaban J connectivity index is 1.54. The van der Waals surface area contributed by atoms with Gasteiger partial charge < -0.3 is 5.32 Å². The Morgan fingerprint density at radius 1 is 1.40 bits per heavy atom. The van der Waals surface area contributed by atoms with Gasteiger partial charge in [0.05, 0.1) is 12.2 Å². The Morgan fingerprint density at radius 2 is 2.25 bits per heavy atom. The van der Waals surface area contributed by atoms with Crippen molar-refractivity contribution in [2.24, 2.45) is 0 Å². The number of amides is 2. The van der Waals surface area contributed by atoms with E-state index >= 15 is 0 Å². The molecule has 106 valence electrons. The SMILES string of the molecule is O=C(NCc1cc(Br)cs1)Nc1nc2c(s1)CCCC2. The molecule has 0 aliphatic heterocycles. The first-order valence-corrected chi connectivity index (χ1v) is 8.96. The number of nitrogens with zero attached hydrogens (tertiary/aromatic N) is 1. The highest BCUT2D eigenvalue weighted by Crippen LogP contribution is 2.29. The highest BCUT2D eigenvalue weighted by Gasteiger charge is 2.16. The molecular weight excluding hydrogens is 358 g/mol. The summed E-state index contributed by atoms with van der Waals surface area (Å²) in [5.41, 5.74) is 1.17. The normalized spacial score (nSPS) is 13.8. The molecule has 0 atom stereocenters. The lowest BCUT2D eigenvalue weighted by molar-refractivity contribution is 0.252. The minimum Gasteiger partial charge on any atom is -0.333 e. The van der Waals surface area contributed by atoms with E-state index in [1.165, 1.54) is 23.4 Å². The van der Waals surface area contributed by atoms with Crippen LogP contribution in [0.2, 0.25) is 0 Å². The maximum absolute atomic E-state index is 11.8. The molecule has 0 spiro atoms.